The van der Waals surface area contributed by atoms with Gasteiger partial charge < -0.3 is 5.32 Å². The highest BCUT2D eigenvalue weighted by Gasteiger charge is 2.10. The molecule has 0 aliphatic heterocycles. The van der Waals surface area contributed by atoms with Gasteiger partial charge in [0.15, 0.2) is 5.65 Å². The number of hydrogen-bond acceptors (Lipinski definition) is 4. The number of benzene rings is 1. The standard InChI is InChI=1S/C18H13N5O/c24-12-21-15-5-3-4-13(8-15)16-10-22-23-11-14(9-20-18(16)23)17-6-1-2-7-19-17/h1-12H,(H,21,24). The van der Waals surface area contributed by atoms with Crippen LogP contribution in [0.15, 0.2) is 67.3 Å². The zero-order valence-corrected chi connectivity index (χ0v) is 12.6. The lowest BCUT2D eigenvalue weighted by atomic mass is 10.1. The van der Waals surface area contributed by atoms with Gasteiger partial charge in [0.2, 0.25) is 6.41 Å². The first-order chi connectivity index (χ1) is 11.8. The fourth-order valence-electron chi connectivity index (χ4n) is 2.59. The van der Waals surface area contributed by atoms with E-state index in [0.29, 0.717) is 6.41 Å². The lowest BCUT2D eigenvalue weighted by Gasteiger charge is -2.04. The van der Waals surface area contributed by atoms with Crippen LogP contribution in [-0.2, 0) is 4.79 Å². The topological polar surface area (TPSA) is 72.2 Å². The maximum absolute atomic E-state index is 10.6. The van der Waals surface area contributed by atoms with E-state index in [4.69, 9.17) is 0 Å². The SMILES string of the molecule is O=CNc1cccc(-c2cnn3cc(-c4ccccn4)cnc23)c1. The van der Waals surface area contributed by atoms with Crippen molar-refractivity contribution in [3.63, 3.8) is 0 Å². The summed E-state index contributed by atoms with van der Waals surface area (Å²) in [5.74, 6) is 0. The Bertz CT molecular complexity index is 1010. The van der Waals surface area contributed by atoms with Gasteiger partial charge in [-0.05, 0) is 29.8 Å². The molecule has 3 heterocycles. The molecule has 6 heteroatoms. The molecule has 4 rings (SSSR count). The fraction of sp³-hybridized carbons (Fsp3) is 0. The average Bonchev–Trinajstić information content (AvgIpc) is 3.06. The first-order valence-electron chi connectivity index (χ1n) is 7.40. The zero-order valence-electron chi connectivity index (χ0n) is 12.6. The summed E-state index contributed by atoms with van der Waals surface area (Å²) in [6.07, 6.45) is 7.87. The van der Waals surface area contributed by atoms with Crippen LogP contribution in [0.25, 0.3) is 28.0 Å². The fourth-order valence-corrected chi connectivity index (χ4v) is 2.59. The molecule has 0 fully saturated rings. The van der Waals surface area contributed by atoms with Gasteiger partial charge in [-0.1, -0.05) is 18.2 Å². The van der Waals surface area contributed by atoms with Crippen molar-refractivity contribution in [2.75, 3.05) is 5.32 Å². The van der Waals surface area contributed by atoms with Crippen LogP contribution in [0.2, 0.25) is 0 Å². The van der Waals surface area contributed by atoms with Crippen LogP contribution in [0, 0.1) is 0 Å². The second-order valence-corrected chi connectivity index (χ2v) is 5.23. The lowest BCUT2D eigenvalue weighted by Crippen LogP contribution is -1.94. The minimum absolute atomic E-state index is 0.659. The molecular weight excluding hydrogens is 302 g/mol. The van der Waals surface area contributed by atoms with Gasteiger partial charge in [-0.25, -0.2) is 9.50 Å². The van der Waals surface area contributed by atoms with Gasteiger partial charge in [0.1, 0.15) is 0 Å². The summed E-state index contributed by atoms with van der Waals surface area (Å²) in [7, 11) is 0. The highest BCUT2D eigenvalue weighted by atomic mass is 16.1. The number of pyridine rings is 1. The third kappa shape index (κ3) is 2.50. The van der Waals surface area contributed by atoms with Crippen LogP contribution in [0.1, 0.15) is 0 Å². The van der Waals surface area contributed by atoms with Crippen molar-refractivity contribution in [3.8, 4) is 22.4 Å². The summed E-state index contributed by atoms with van der Waals surface area (Å²) < 4.78 is 1.74. The molecule has 1 aromatic carbocycles. The van der Waals surface area contributed by atoms with Crippen LogP contribution in [-0.4, -0.2) is 26.0 Å². The van der Waals surface area contributed by atoms with Gasteiger partial charge in [-0.15, -0.1) is 0 Å². The molecule has 0 saturated carbocycles. The number of rotatable bonds is 4. The van der Waals surface area contributed by atoms with Gasteiger partial charge >= 0.3 is 0 Å². The van der Waals surface area contributed by atoms with E-state index < -0.39 is 0 Å². The van der Waals surface area contributed by atoms with Gasteiger partial charge in [-0.3, -0.25) is 9.78 Å². The van der Waals surface area contributed by atoms with Crippen molar-refractivity contribution in [1.82, 2.24) is 19.6 Å². The Morgan fingerprint density at radius 2 is 1.96 bits per heavy atom. The van der Waals surface area contributed by atoms with Gasteiger partial charge in [-0.2, -0.15) is 5.10 Å². The van der Waals surface area contributed by atoms with Crippen molar-refractivity contribution >= 4 is 17.7 Å². The molecule has 24 heavy (non-hydrogen) atoms. The molecule has 3 aromatic heterocycles. The van der Waals surface area contributed by atoms with Crippen molar-refractivity contribution in [2.24, 2.45) is 0 Å². The molecule has 0 bridgehead atoms. The Morgan fingerprint density at radius 1 is 1.00 bits per heavy atom. The van der Waals surface area contributed by atoms with Crippen LogP contribution in [0.4, 0.5) is 5.69 Å². The van der Waals surface area contributed by atoms with Crippen LogP contribution < -0.4 is 5.32 Å². The quantitative estimate of drug-likeness (QED) is 0.588. The molecule has 0 radical (unpaired) electrons. The van der Waals surface area contributed by atoms with E-state index in [-0.39, 0.29) is 0 Å². The predicted octanol–water partition coefficient (Wildman–Crippen LogP) is 3.03. The summed E-state index contributed by atoms with van der Waals surface area (Å²) in [4.78, 5) is 19.5. The van der Waals surface area contributed by atoms with Gasteiger partial charge in [0.25, 0.3) is 0 Å². The number of anilines is 1. The molecule has 0 aliphatic carbocycles. The highest BCUT2D eigenvalue weighted by molar-refractivity contribution is 5.81. The van der Waals surface area contributed by atoms with Crippen LogP contribution in [0.5, 0.6) is 0 Å². The predicted molar refractivity (Wildman–Crippen MR) is 91.3 cm³/mol. The van der Waals surface area contributed by atoms with E-state index in [1.807, 2.05) is 48.7 Å². The van der Waals surface area contributed by atoms with Crippen molar-refractivity contribution in [2.45, 2.75) is 0 Å². The van der Waals surface area contributed by atoms with E-state index in [9.17, 15) is 4.79 Å². The second-order valence-electron chi connectivity index (χ2n) is 5.23. The number of hydrogen-bond donors (Lipinski definition) is 1. The third-order valence-corrected chi connectivity index (χ3v) is 3.72. The first kappa shape index (κ1) is 14.1. The molecular formula is C18H13N5O. The minimum Gasteiger partial charge on any atom is -0.329 e. The summed E-state index contributed by atoms with van der Waals surface area (Å²) in [5, 5.41) is 7.05. The largest absolute Gasteiger partial charge is 0.329 e. The third-order valence-electron chi connectivity index (χ3n) is 3.72. The highest BCUT2D eigenvalue weighted by Crippen LogP contribution is 2.26. The summed E-state index contributed by atoms with van der Waals surface area (Å²) >= 11 is 0. The molecule has 0 unspecified atom stereocenters. The maximum atomic E-state index is 10.6. The number of carbonyl (C=O) groups excluding carboxylic acids is 1. The number of aromatic nitrogens is 4. The summed E-state index contributed by atoms with van der Waals surface area (Å²) in [5.41, 5.74) is 5.06. The van der Waals surface area contributed by atoms with E-state index in [0.717, 1.165) is 33.7 Å². The van der Waals surface area contributed by atoms with Gasteiger partial charge in [0, 0.05) is 35.4 Å². The molecule has 4 aromatic rings. The number of fused-ring (bicyclic) bond motifs is 1. The summed E-state index contributed by atoms with van der Waals surface area (Å²) in [6.45, 7) is 0. The van der Waals surface area contributed by atoms with E-state index in [2.05, 4.69) is 20.4 Å². The number of nitrogens with zero attached hydrogens (tertiary/aromatic N) is 4. The van der Waals surface area contributed by atoms with Gasteiger partial charge in [0.05, 0.1) is 11.9 Å². The van der Waals surface area contributed by atoms with Crippen molar-refractivity contribution < 1.29 is 4.79 Å². The number of nitrogens with one attached hydrogen (secondary N) is 1. The average molecular weight is 315 g/mol. The molecule has 1 N–H and O–H groups in total. The molecule has 6 nitrogen and oxygen atoms in total. The van der Waals surface area contributed by atoms with Crippen LogP contribution >= 0.6 is 0 Å². The van der Waals surface area contributed by atoms with E-state index >= 15 is 0 Å². The second kappa shape index (κ2) is 5.92. The van der Waals surface area contributed by atoms with Crippen molar-refractivity contribution in [3.05, 3.63) is 67.3 Å². The summed E-state index contributed by atoms with van der Waals surface area (Å²) in [6, 6.07) is 13.3. The maximum Gasteiger partial charge on any atom is 0.211 e. The smallest absolute Gasteiger partial charge is 0.211 e. The minimum atomic E-state index is 0.659. The Hall–Kier alpha value is -3.54. The molecule has 0 spiro atoms. The van der Waals surface area contributed by atoms with E-state index in [1.165, 1.54) is 0 Å². The molecule has 116 valence electrons. The number of carbonyl (C=O) groups is 1. The Morgan fingerprint density at radius 3 is 2.79 bits per heavy atom. The van der Waals surface area contributed by atoms with Crippen LogP contribution in [0.3, 0.4) is 0 Å². The molecule has 1 amide bonds. The number of amides is 1. The monoisotopic (exact) mass is 315 g/mol. The van der Waals surface area contributed by atoms with E-state index in [1.54, 1.807) is 23.1 Å². The molecule has 0 aliphatic rings. The molecule has 0 atom stereocenters. The molecule has 0 saturated heterocycles. The Labute approximate surface area is 137 Å². The Balaban J connectivity index is 1.78. The zero-order chi connectivity index (χ0) is 16.4. The van der Waals surface area contributed by atoms with Crippen molar-refractivity contribution in [1.29, 1.82) is 0 Å². The normalized spacial score (nSPS) is 10.7. The lowest BCUT2D eigenvalue weighted by molar-refractivity contribution is -0.105. The Kier molecular flexibility index (Phi) is 3.47. The first-order valence-corrected chi connectivity index (χ1v) is 7.40.